The lowest BCUT2D eigenvalue weighted by molar-refractivity contribution is -0.237. The van der Waals surface area contributed by atoms with Crippen LogP contribution in [-0.4, -0.2) is 127 Å². The summed E-state index contributed by atoms with van der Waals surface area (Å²) in [4.78, 5) is 14.1. The molecule has 10 fully saturated rings. The first-order valence-electron chi connectivity index (χ1n) is 20.4. The van der Waals surface area contributed by atoms with Crippen molar-refractivity contribution >= 4 is 5.78 Å². The number of fused-ring (bicyclic) bond motifs is 6. The van der Waals surface area contributed by atoms with Gasteiger partial charge in [-0.15, -0.1) is 0 Å². The van der Waals surface area contributed by atoms with Crippen molar-refractivity contribution in [3.63, 3.8) is 0 Å². The molecule has 0 amide bonds. The topological polar surface area (TPSA) is 131 Å². The number of carbonyl (C=O) groups is 1. The molecule has 1 unspecified atom stereocenters. The normalized spacial score (nSPS) is 52.4. The maximum absolute atomic E-state index is 14.1. The predicted molar refractivity (Wildman–Crippen MR) is 188 cm³/mol. The summed E-state index contributed by atoms with van der Waals surface area (Å²) in [6, 6.07) is 0. The summed E-state index contributed by atoms with van der Waals surface area (Å²) >= 11 is 0. The molecule has 10 aliphatic heterocycles. The van der Waals surface area contributed by atoms with Gasteiger partial charge in [0.05, 0.1) is 91.6 Å². The molecule has 290 valence electrons. The summed E-state index contributed by atoms with van der Waals surface area (Å²) in [7, 11) is 1.64. The molecule has 10 aliphatic rings. The average molecular weight is 729 g/mol. The third-order valence-electron chi connectivity index (χ3n) is 14.5. The molecule has 12 bridgehead atoms. The van der Waals surface area contributed by atoms with Crippen molar-refractivity contribution in [2.45, 2.75) is 194 Å². The molecule has 10 saturated heterocycles. The molecule has 0 aromatic heterocycles. The van der Waals surface area contributed by atoms with Crippen molar-refractivity contribution in [3.8, 4) is 0 Å². The quantitative estimate of drug-likeness (QED) is 0.406. The fourth-order valence-corrected chi connectivity index (χ4v) is 11.9. The summed E-state index contributed by atoms with van der Waals surface area (Å²) in [6.07, 6.45) is 7.44. The molecule has 0 aliphatic carbocycles. The van der Waals surface area contributed by atoms with Gasteiger partial charge in [-0.2, -0.15) is 0 Å². The van der Waals surface area contributed by atoms with Crippen LogP contribution in [0.1, 0.15) is 96.8 Å². The molecule has 10 rings (SSSR count). The first-order chi connectivity index (χ1) is 25.1. The average Bonchev–Trinajstić information content (AvgIpc) is 3.79. The van der Waals surface area contributed by atoms with Gasteiger partial charge in [0.25, 0.3) is 0 Å². The highest BCUT2D eigenvalue weighted by Crippen LogP contribution is 2.57. The molecule has 11 nitrogen and oxygen atoms in total. The van der Waals surface area contributed by atoms with Crippen LogP contribution < -0.4 is 0 Å². The second-order valence-corrected chi connectivity index (χ2v) is 17.9. The van der Waals surface area contributed by atoms with E-state index in [1.54, 1.807) is 7.11 Å². The fraction of sp³-hybridized carbons (Fsp3) is 0.878. The second kappa shape index (κ2) is 14.4. The lowest BCUT2D eigenvalue weighted by atomic mass is 9.73. The van der Waals surface area contributed by atoms with Gasteiger partial charge in [0.2, 0.25) is 0 Å². The van der Waals surface area contributed by atoms with Crippen LogP contribution in [0.3, 0.4) is 0 Å². The van der Waals surface area contributed by atoms with Crippen LogP contribution in [0.25, 0.3) is 0 Å². The molecular weight excluding hydrogens is 668 g/mol. The first kappa shape index (κ1) is 36.4. The number of hydrogen-bond acceptors (Lipinski definition) is 11. The Bertz CT molecular complexity index is 1370. The number of carbonyl (C=O) groups excluding carboxylic acids is 1. The third kappa shape index (κ3) is 6.60. The van der Waals surface area contributed by atoms with Crippen molar-refractivity contribution in [2.24, 2.45) is 17.8 Å². The van der Waals surface area contributed by atoms with E-state index in [0.717, 1.165) is 69.8 Å². The minimum atomic E-state index is -0.939. The lowest BCUT2D eigenvalue weighted by Gasteiger charge is -2.48. The number of rotatable bonds is 4. The molecule has 52 heavy (non-hydrogen) atoms. The molecule has 2 N–H and O–H groups in total. The maximum atomic E-state index is 14.1. The largest absolute Gasteiger partial charge is 0.394 e. The van der Waals surface area contributed by atoms with Gasteiger partial charge in [-0.05, 0) is 74.9 Å². The first-order valence-corrected chi connectivity index (χ1v) is 20.4. The maximum Gasteiger partial charge on any atom is 0.135 e. The van der Waals surface area contributed by atoms with E-state index in [1.165, 1.54) is 5.57 Å². The number of methoxy groups -OCH3 is 1. The zero-order valence-corrected chi connectivity index (χ0v) is 31.0. The molecule has 10 heterocycles. The highest BCUT2D eigenvalue weighted by atomic mass is 16.6. The summed E-state index contributed by atoms with van der Waals surface area (Å²) in [5, 5.41) is 20.1. The van der Waals surface area contributed by atoms with Crippen LogP contribution in [-0.2, 0) is 42.7 Å². The number of ether oxygens (including phenoxy) is 8. The molecule has 0 aromatic carbocycles. The van der Waals surface area contributed by atoms with Gasteiger partial charge in [-0.25, -0.2) is 0 Å². The Hall–Kier alpha value is -1.25. The van der Waals surface area contributed by atoms with Gasteiger partial charge >= 0.3 is 0 Å². The number of ketones is 1. The van der Waals surface area contributed by atoms with E-state index in [1.807, 2.05) is 0 Å². The summed E-state index contributed by atoms with van der Waals surface area (Å²) in [5.74, 6) is 0.314. The Morgan fingerprint density at radius 2 is 1.58 bits per heavy atom. The molecule has 0 radical (unpaired) electrons. The third-order valence-corrected chi connectivity index (χ3v) is 14.5. The van der Waals surface area contributed by atoms with Crippen molar-refractivity contribution in [3.05, 3.63) is 24.3 Å². The minimum absolute atomic E-state index is 0.0149. The highest BCUT2D eigenvalue weighted by Gasteiger charge is 2.67. The summed E-state index contributed by atoms with van der Waals surface area (Å²) < 4.78 is 53.5. The SMILES string of the molecule is C=C1C[C@@H]2CC[C@@]34C[C@H]5[C@H]6O[C@H](CC[C@@H]6O[C@H]6[C@@H](O3)[C@@H](C4)O[C@@H]56)CC(=O)C[C@@H]3[C@@H](OC)[C@@H](CC(O)CO)O[C@H]3C[C@H]3O[C@@H](CC[C@@H]1O2)C[C@@H](C)C3=C. The van der Waals surface area contributed by atoms with Crippen molar-refractivity contribution in [1.29, 1.82) is 0 Å². The van der Waals surface area contributed by atoms with Crippen LogP contribution in [0.2, 0.25) is 0 Å². The Kier molecular flexibility index (Phi) is 10.0. The number of aliphatic hydroxyl groups is 2. The van der Waals surface area contributed by atoms with E-state index in [0.29, 0.717) is 12.8 Å². The summed E-state index contributed by atoms with van der Waals surface area (Å²) in [5.41, 5.74) is 1.93. The standard InChI is InChI=1S/C41H60O11/c1-20-11-25-5-7-30-21(2)12-27(46-30)9-10-41-17-29-37-31(50-40-38(29)51-35(18-41)39(40)52-41)8-6-26(48-37)13-23(43)14-28-33(16-32(47-25)22(20)3)49-34(36(28)45-4)15-24(44)19-42/h20,24-40,42,44H,2-3,5-19H2,1,4H3/t20-,24?,25+,26-,27+,28+,29+,30+,31+,32-,33+,34-,35-,36-,37-,38+,39+,40-,41+/m1/s1. The zero-order valence-electron chi connectivity index (χ0n) is 31.0. The minimum Gasteiger partial charge on any atom is -0.394 e. The molecule has 0 saturated carbocycles. The van der Waals surface area contributed by atoms with Gasteiger partial charge in [-0.3, -0.25) is 4.79 Å². The molecule has 0 aromatic rings. The molecule has 11 heteroatoms. The van der Waals surface area contributed by atoms with Crippen molar-refractivity contribution in [1.82, 2.24) is 0 Å². The van der Waals surface area contributed by atoms with Crippen LogP contribution in [0.4, 0.5) is 0 Å². The molecule has 1 spiro atoms. The summed E-state index contributed by atoms with van der Waals surface area (Å²) in [6.45, 7) is 10.8. The van der Waals surface area contributed by atoms with Crippen LogP contribution in [0.5, 0.6) is 0 Å². The second-order valence-electron chi connectivity index (χ2n) is 17.9. The number of Topliss-reactive ketones (excluding diaryl/α,β-unsaturated/α-hetero) is 1. The Labute approximate surface area is 308 Å². The van der Waals surface area contributed by atoms with E-state index in [9.17, 15) is 15.0 Å². The van der Waals surface area contributed by atoms with E-state index in [-0.39, 0.29) is 122 Å². The van der Waals surface area contributed by atoms with Crippen LogP contribution in [0, 0.1) is 17.8 Å². The van der Waals surface area contributed by atoms with Gasteiger partial charge in [-0.1, -0.05) is 20.1 Å². The number of aliphatic hydroxyl groups excluding tert-OH is 2. The van der Waals surface area contributed by atoms with E-state index in [2.05, 4.69) is 20.1 Å². The lowest BCUT2D eigenvalue weighted by Crippen LogP contribution is -2.58. The van der Waals surface area contributed by atoms with Gasteiger partial charge in [0.1, 0.15) is 18.0 Å². The Morgan fingerprint density at radius 1 is 0.788 bits per heavy atom. The Balaban J connectivity index is 0.994. The van der Waals surface area contributed by atoms with Gasteiger partial charge in [0.15, 0.2) is 0 Å². The smallest absolute Gasteiger partial charge is 0.135 e. The zero-order chi connectivity index (χ0) is 35.9. The van der Waals surface area contributed by atoms with E-state index < -0.39 is 18.3 Å². The van der Waals surface area contributed by atoms with Gasteiger partial charge in [0, 0.05) is 51.0 Å². The molecular formula is C41H60O11. The Morgan fingerprint density at radius 3 is 2.40 bits per heavy atom. The van der Waals surface area contributed by atoms with E-state index in [4.69, 9.17) is 37.9 Å². The van der Waals surface area contributed by atoms with Crippen LogP contribution in [0.15, 0.2) is 24.3 Å². The van der Waals surface area contributed by atoms with Crippen LogP contribution >= 0.6 is 0 Å². The fourth-order valence-electron chi connectivity index (χ4n) is 11.9. The van der Waals surface area contributed by atoms with Crippen molar-refractivity contribution < 1.29 is 52.9 Å². The van der Waals surface area contributed by atoms with Gasteiger partial charge < -0.3 is 48.1 Å². The number of hydrogen-bond donors (Lipinski definition) is 2. The predicted octanol–water partition coefficient (Wildman–Crippen LogP) is 4.14. The van der Waals surface area contributed by atoms with Crippen molar-refractivity contribution in [2.75, 3.05) is 13.7 Å². The monoisotopic (exact) mass is 728 g/mol. The van der Waals surface area contributed by atoms with E-state index >= 15 is 0 Å². The molecule has 19 atom stereocenters. The highest BCUT2D eigenvalue weighted by molar-refractivity contribution is 5.79.